The Hall–Kier alpha value is -1.62. The number of benzene rings is 1. The highest BCUT2D eigenvalue weighted by atomic mass is 35.5. The second-order valence-electron chi connectivity index (χ2n) is 5.75. The predicted molar refractivity (Wildman–Crippen MR) is 76.2 cm³/mol. The molecule has 3 rings (SSSR count). The smallest absolute Gasteiger partial charge is 0.249 e. The maximum atomic E-state index is 13.5. The van der Waals surface area contributed by atoms with E-state index in [9.17, 15) is 14.0 Å². The Labute approximate surface area is 127 Å². The number of carbonyl (C=O) groups excluding carboxylic acids is 2. The summed E-state index contributed by atoms with van der Waals surface area (Å²) in [6.07, 6.45) is 3.25. The first-order valence-corrected chi connectivity index (χ1v) is 7.42. The van der Waals surface area contributed by atoms with E-state index in [2.05, 4.69) is 5.32 Å². The zero-order valence-electron chi connectivity index (χ0n) is 11.5. The molecule has 0 atom stereocenters. The fourth-order valence-corrected chi connectivity index (χ4v) is 3.33. The summed E-state index contributed by atoms with van der Waals surface area (Å²) in [4.78, 5) is 26.0. The molecule has 0 aromatic heterocycles. The fraction of sp³-hybridized carbons (Fsp3) is 0.467. The first-order chi connectivity index (χ1) is 10.00. The Morgan fingerprint density at radius 3 is 2.67 bits per heavy atom. The molecular formula is C15H16ClFN2O2. The number of carbonyl (C=O) groups is 2. The highest BCUT2D eigenvalue weighted by molar-refractivity contribution is 6.30. The van der Waals surface area contributed by atoms with Gasteiger partial charge in [0.15, 0.2) is 0 Å². The molecule has 1 aliphatic heterocycles. The summed E-state index contributed by atoms with van der Waals surface area (Å²) in [5.41, 5.74) is -0.103. The van der Waals surface area contributed by atoms with Gasteiger partial charge in [0.1, 0.15) is 11.4 Å². The molecule has 2 amide bonds. The molecule has 0 radical (unpaired) electrons. The van der Waals surface area contributed by atoms with Crippen LogP contribution in [0.1, 0.15) is 31.2 Å². The Balaban J connectivity index is 1.82. The lowest BCUT2D eigenvalue weighted by Crippen LogP contribution is -2.65. The predicted octanol–water partition coefficient (Wildman–Crippen LogP) is 2.25. The minimum absolute atomic E-state index is 0.0187. The van der Waals surface area contributed by atoms with Crippen LogP contribution in [0.15, 0.2) is 18.2 Å². The van der Waals surface area contributed by atoms with Gasteiger partial charge in [0.25, 0.3) is 0 Å². The number of rotatable bonds is 2. The molecule has 1 aliphatic carbocycles. The van der Waals surface area contributed by atoms with Crippen molar-refractivity contribution in [2.45, 2.75) is 37.8 Å². The molecule has 21 heavy (non-hydrogen) atoms. The number of nitrogens with zero attached hydrogens (tertiary/aromatic N) is 1. The van der Waals surface area contributed by atoms with E-state index in [1.54, 1.807) is 6.07 Å². The summed E-state index contributed by atoms with van der Waals surface area (Å²) >= 11 is 5.65. The average molecular weight is 311 g/mol. The molecule has 1 saturated heterocycles. The second kappa shape index (κ2) is 5.30. The molecule has 1 aromatic carbocycles. The lowest BCUT2D eigenvalue weighted by atomic mass is 9.93. The molecule has 1 saturated carbocycles. The van der Waals surface area contributed by atoms with Gasteiger partial charge < -0.3 is 10.2 Å². The minimum atomic E-state index is -0.736. The largest absolute Gasteiger partial charge is 0.340 e. The van der Waals surface area contributed by atoms with Crippen molar-refractivity contribution in [3.05, 3.63) is 34.6 Å². The molecule has 1 N–H and O–H groups in total. The number of piperazine rings is 1. The summed E-state index contributed by atoms with van der Waals surface area (Å²) in [6, 6.07) is 4.45. The number of halogens is 2. The van der Waals surface area contributed by atoms with Crippen LogP contribution in [0.25, 0.3) is 0 Å². The number of hydrogen-bond donors (Lipinski definition) is 1. The molecule has 112 valence electrons. The van der Waals surface area contributed by atoms with E-state index in [1.807, 2.05) is 0 Å². The van der Waals surface area contributed by atoms with Gasteiger partial charge in [0.2, 0.25) is 11.8 Å². The zero-order chi connectivity index (χ0) is 15.0. The monoisotopic (exact) mass is 310 g/mol. The van der Waals surface area contributed by atoms with Crippen LogP contribution in [-0.2, 0) is 16.1 Å². The van der Waals surface area contributed by atoms with E-state index in [0.29, 0.717) is 18.4 Å². The number of hydrogen-bond acceptors (Lipinski definition) is 2. The molecule has 2 aliphatic rings. The van der Waals surface area contributed by atoms with Crippen molar-refractivity contribution in [2.75, 3.05) is 6.54 Å². The fourth-order valence-electron chi connectivity index (χ4n) is 3.21. The van der Waals surface area contributed by atoms with Crippen molar-refractivity contribution < 1.29 is 14.0 Å². The van der Waals surface area contributed by atoms with E-state index in [4.69, 9.17) is 11.6 Å². The molecule has 2 fully saturated rings. The molecule has 4 nitrogen and oxygen atoms in total. The SMILES string of the molecule is O=C1CN(Cc2ccc(Cl)c(F)c2)C(=O)C2(CCCC2)N1. The van der Waals surface area contributed by atoms with Crippen molar-refractivity contribution in [1.29, 1.82) is 0 Å². The molecule has 0 unspecified atom stereocenters. The topological polar surface area (TPSA) is 49.4 Å². The van der Waals surface area contributed by atoms with Crippen LogP contribution < -0.4 is 5.32 Å². The van der Waals surface area contributed by atoms with Crippen LogP contribution in [0.5, 0.6) is 0 Å². The van der Waals surface area contributed by atoms with Gasteiger partial charge in [-0.25, -0.2) is 4.39 Å². The summed E-state index contributed by atoms with van der Waals surface area (Å²) in [6.45, 7) is 0.243. The lowest BCUT2D eigenvalue weighted by Gasteiger charge is -2.39. The Bertz CT molecular complexity index is 599. The Kier molecular flexibility index (Phi) is 3.61. The van der Waals surface area contributed by atoms with Crippen molar-refractivity contribution in [3.8, 4) is 0 Å². The van der Waals surface area contributed by atoms with Gasteiger partial charge >= 0.3 is 0 Å². The van der Waals surface area contributed by atoms with Crippen LogP contribution >= 0.6 is 11.6 Å². The third-order valence-electron chi connectivity index (χ3n) is 4.22. The van der Waals surface area contributed by atoms with E-state index >= 15 is 0 Å². The summed E-state index contributed by atoms with van der Waals surface area (Å²) in [5.74, 6) is -0.723. The first-order valence-electron chi connectivity index (χ1n) is 7.04. The third-order valence-corrected chi connectivity index (χ3v) is 4.53. The number of amides is 2. The van der Waals surface area contributed by atoms with Gasteiger partial charge in [0, 0.05) is 6.54 Å². The summed E-state index contributed by atoms with van der Waals surface area (Å²) < 4.78 is 13.5. The maximum Gasteiger partial charge on any atom is 0.249 e. The normalized spacial score (nSPS) is 21.0. The minimum Gasteiger partial charge on any atom is -0.340 e. The molecular weight excluding hydrogens is 295 g/mol. The molecule has 1 spiro atoms. The maximum absolute atomic E-state index is 13.5. The van der Waals surface area contributed by atoms with Crippen molar-refractivity contribution in [2.24, 2.45) is 0 Å². The quantitative estimate of drug-likeness (QED) is 0.911. The van der Waals surface area contributed by atoms with E-state index in [1.165, 1.54) is 17.0 Å². The molecule has 1 heterocycles. The first kappa shape index (κ1) is 14.3. The van der Waals surface area contributed by atoms with Gasteiger partial charge in [-0.15, -0.1) is 0 Å². The zero-order valence-corrected chi connectivity index (χ0v) is 12.3. The van der Waals surface area contributed by atoms with E-state index in [0.717, 1.165) is 12.8 Å². The summed E-state index contributed by atoms with van der Waals surface area (Å²) in [7, 11) is 0. The summed E-state index contributed by atoms with van der Waals surface area (Å²) in [5, 5.41) is 2.90. The third kappa shape index (κ3) is 2.62. The van der Waals surface area contributed by atoms with Crippen molar-refractivity contribution in [3.63, 3.8) is 0 Å². The van der Waals surface area contributed by atoms with Gasteiger partial charge in [-0.2, -0.15) is 0 Å². The standard InChI is InChI=1S/C15H16ClFN2O2/c16-11-4-3-10(7-12(11)17)8-19-9-13(20)18-15(14(19)21)5-1-2-6-15/h3-4,7H,1-2,5-6,8-9H2,(H,18,20). The van der Waals surface area contributed by atoms with Gasteiger partial charge in [-0.3, -0.25) is 9.59 Å². The highest BCUT2D eigenvalue weighted by Gasteiger charge is 2.48. The van der Waals surface area contributed by atoms with Crippen LogP contribution in [-0.4, -0.2) is 28.8 Å². The van der Waals surface area contributed by atoms with E-state index in [-0.39, 0.29) is 29.9 Å². The van der Waals surface area contributed by atoms with Crippen LogP contribution in [0.4, 0.5) is 4.39 Å². The average Bonchev–Trinajstić information content (AvgIpc) is 2.89. The highest BCUT2D eigenvalue weighted by Crippen LogP contribution is 2.33. The molecule has 6 heteroatoms. The second-order valence-corrected chi connectivity index (χ2v) is 6.15. The molecule has 0 bridgehead atoms. The lowest BCUT2D eigenvalue weighted by molar-refractivity contribution is -0.150. The Morgan fingerprint density at radius 2 is 2.00 bits per heavy atom. The van der Waals surface area contributed by atoms with Crippen LogP contribution in [0.3, 0.4) is 0 Å². The van der Waals surface area contributed by atoms with Crippen LogP contribution in [0, 0.1) is 5.82 Å². The Morgan fingerprint density at radius 1 is 1.29 bits per heavy atom. The van der Waals surface area contributed by atoms with Crippen molar-refractivity contribution >= 4 is 23.4 Å². The van der Waals surface area contributed by atoms with Gasteiger partial charge in [-0.1, -0.05) is 30.5 Å². The van der Waals surface area contributed by atoms with Crippen molar-refractivity contribution in [1.82, 2.24) is 10.2 Å². The number of nitrogens with one attached hydrogen (secondary N) is 1. The molecule has 1 aromatic rings. The van der Waals surface area contributed by atoms with Crippen LogP contribution in [0.2, 0.25) is 5.02 Å². The van der Waals surface area contributed by atoms with E-state index < -0.39 is 11.4 Å². The van der Waals surface area contributed by atoms with Gasteiger partial charge in [0.05, 0.1) is 11.6 Å². The van der Waals surface area contributed by atoms with Gasteiger partial charge in [-0.05, 0) is 30.5 Å².